The summed E-state index contributed by atoms with van der Waals surface area (Å²) in [4.78, 5) is 18.1. The fraction of sp³-hybridized carbons (Fsp3) is 0.538. The maximum atomic E-state index is 12.2. The molecule has 98 valence electrons. The van der Waals surface area contributed by atoms with Crippen LogP contribution >= 0.6 is 15.9 Å². The molecule has 1 aliphatic heterocycles. The zero-order valence-corrected chi connectivity index (χ0v) is 12.0. The Labute approximate surface area is 115 Å². The van der Waals surface area contributed by atoms with Gasteiger partial charge >= 0.3 is 0 Å². The third kappa shape index (κ3) is 3.29. The van der Waals surface area contributed by atoms with Gasteiger partial charge in [-0.2, -0.15) is 0 Å². The summed E-state index contributed by atoms with van der Waals surface area (Å²) in [7, 11) is 1.82. The number of ether oxygens (including phenoxy) is 1. The molecule has 0 radical (unpaired) electrons. The Balaban J connectivity index is 1.98. The molecule has 1 aromatic heterocycles. The lowest BCUT2D eigenvalue weighted by molar-refractivity contribution is 0.0386. The molecular weight excluding hydrogens is 296 g/mol. The molecule has 5 heteroatoms. The summed E-state index contributed by atoms with van der Waals surface area (Å²) in [6.07, 6.45) is 3.84. The predicted octanol–water partition coefficient (Wildman–Crippen LogP) is 2.34. The van der Waals surface area contributed by atoms with Crippen molar-refractivity contribution in [3.63, 3.8) is 0 Å². The summed E-state index contributed by atoms with van der Waals surface area (Å²) in [5.74, 6) is 0.392. The first-order valence-electron chi connectivity index (χ1n) is 6.12. The molecule has 2 rings (SSSR count). The van der Waals surface area contributed by atoms with Crippen molar-refractivity contribution >= 4 is 21.8 Å². The van der Waals surface area contributed by atoms with Gasteiger partial charge in [-0.15, -0.1) is 0 Å². The van der Waals surface area contributed by atoms with Crippen LogP contribution in [-0.4, -0.2) is 42.6 Å². The summed E-state index contributed by atoms with van der Waals surface area (Å²) >= 11 is 3.36. The third-order valence-electron chi connectivity index (χ3n) is 3.09. The molecule has 0 saturated carbocycles. The minimum absolute atomic E-state index is 0.0481. The zero-order valence-electron chi connectivity index (χ0n) is 10.4. The molecular formula is C13H17BrN2O2. The van der Waals surface area contributed by atoms with Crippen LogP contribution in [0.4, 0.5) is 0 Å². The summed E-state index contributed by atoms with van der Waals surface area (Å²) in [6, 6.07) is 3.63. The first kappa shape index (κ1) is 13.5. The van der Waals surface area contributed by atoms with Gasteiger partial charge in [0.2, 0.25) is 0 Å². The Kier molecular flexibility index (Phi) is 4.72. The lowest BCUT2D eigenvalue weighted by atomic mass is 10.0. The maximum Gasteiger partial charge on any atom is 0.273 e. The Morgan fingerprint density at radius 3 is 3.17 bits per heavy atom. The van der Waals surface area contributed by atoms with Gasteiger partial charge in [0.15, 0.2) is 0 Å². The molecule has 1 saturated heterocycles. The Morgan fingerprint density at radius 1 is 1.67 bits per heavy atom. The molecule has 1 unspecified atom stereocenters. The van der Waals surface area contributed by atoms with Crippen LogP contribution in [0.15, 0.2) is 22.8 Å². The van der Waals surface area contributed by atoms with Crippen LogP contribution in [0.1, 0.15) is 23.3 Å². The fourth-order valence-electron chi connectivity index (χ4n) is 2.15. The highest BCUT2D eigenvalue weighted by atomic mass is 79.9. The average Bonchev–Trinajstić information content (AvgIpc) is 2.39. The van der Waals surface area contributed by atoms with Crippen molar-refractivity contribution < 1.29 is 9.53 Å². The van der Waals surface area contributed by atoms with Gasteiger partial charge in [-0.1, -0.05) is 0 Å². The summed E-state index contributed by atoms with van der Waals surface area (Å²) in [5.41, 5.74) is 0.469. The van der Waals surface area contributed by atoms with Crippen molar-refractivity contribution in [1.29, 1.82) is 0 Å². The highest BCUT2D eigenvalue weighted by molar-refractivity contribution is 9.10. The molecule has 0 N–H and O–H groups in total. The number of halogens is 1. The van der Waals surface area contributed by atoms with E-state index < -0.39 is 0 Å². The van der Waals surface area contributed by atoms with E-state index in [0.717, 1.165) is 37.1 Å². The largest absolute Gasteiger partial charge is 0.381 e. The van der Waals surface area contributed by atoms with E-state index in [1.54, 1.807) is 17.2 Å². The molecule has 1 amide bonds. The van der Waals surface area contributed by atoms with Crippen LogP contribution in [0, 0.1) is 5.92 Å². The maximum absolute atomic E-state index is 12.2. The van der Waals surface area contributed by atoms with Gasteiger partial charge < -0.3 is 9.64 Å². The minimum atomic E-state index is -0.0481. The van der Waals surface area contributed by atoms with Crippen molar-refractivity contribution in [2.75, 3.05) is 26.8 Å². The van der Waals surface area contributed by atoms with Crippen LogP contribution in [0.25, 0.3) is 0 Å². The fourth-order valence-corrected chi connectivity index (χ4v) is 2.57. The molecule has 4 nitrogen and oxygen atoms in total. The van der Waals surface area contributed by atoms with Gasteiger partial charge in [-0.3, -0.25) is 4.79 Å². The van der Waals surface area contributed by atoms with Crippen molar-refractivity contribution in [3.8, 4) is 0 Å². The van der Waals surface area contributed by atoms with Gasteiger partial charge in [-0.25, -0.2) is 4.98 Å². The summed E-state index contributed by atoms with van der Waals surface area (Å²) < 4.78 is 6.17. The summed E-state index contributed by atoms with van der Waals surface area (Å²) in [6.45, 7) is 2.32. The molecule has 1 fully saturated rings. The average molecular weight is 313 g/mol. The first-order chi connectivity index (χ1) is 8.68. The number of rotatable bonds is 3. The molecule has 1 atom stereocenters. The molecule has 1 aliphatic rings. The number of amides is 1. The highest BCUT2D eigenvalue weighted by Gasteiger charge is 2.21. The van der Waals surface area contributed by atoms with Crippen LogP contribution in [0.5, 0.6) is 0 Å². The quantitative estimate of drug-likeness (QED) is 0.860. The van der Waals surface area contributed by atoms with Crippen molar-refractivity contribution in [1.82, 2.24) is 9.88 Å². The SMILES string of the molecule is CN(CC1CCCOC1)C(=O)c1ncccc1Br. The number of nitrogens with zero attached hydrogens (tertiary/aromatic N) is 2. The first-order valence-corrected chi connectivity index (χ1v) is 6.91. The number of carbonyl (C=O) groups excluding carboxylic acids is 1. The van der Waals surface area contributed by atoms with Crippen LogP contribution in [0.2, 0.25) is 0 Å². The molecule has 18 heavy (non-hydrogen) atoms. The lowest BCUT2D eigenvalue weighted by Crippen LogP contribution is -2.35. The van der Waals surface area contributed by atoms with Gasteiger partial charge in [0.05, 0.1) is 6.61 Å². The second kappa shape index (κ2) is 6.29. The number of aromatic nitrogens is 1. The second-order valence-corrected chi connectivity index (χ2v) is 5.46. The van der Waals surface area contributed by atoms with E-state index in [4.69, 9.17) is 4.74 Å². The van der Waals surface area contributed by atoms with Crippen LogP contribution in [0.3, 0.4) is 0 Å². The third-order valence-corrected chi connectivity index (χ3v) is 3.73. The monoisotopic (exact) mass is 312 g/mol. The number of hydrogen-bond donors (Lipinski definition) is 0. The van der Waals surface area contributed by atoms with E-state index in [1.165, 1.54) is 0 Å². The normalized spacial score (nSPS) is 19.6. The van der Waals surface area contributed by atoms with E-state index in [9.17, 15) is 4.79 Å². The number of pyridine rings is 1. The molecule has 0 aromatic carbocycles. The molecule has 0 aliphatic carbocycles. The highest BCUT2D eigenvalue weighted by Crippen LogP contribution is 2.18. The van der Waals surface area contributed by atoms with Gasteiger partial charge in [-0.05, 0) is 46.8 Å². The molecule has 2 heterocycles. The van der Waals surface area contributed by atoms with Gasteiger partial charge in [0.1, 0.15) is 5.69 Å². The molecule has 0 spiro atoms. The van der Waals surface area contributed by atoms with E-state index >= 15 is 0 Å². The Hall–Kier alpha value is -0.940. The standard InChI is InChI=1S/C13H17BrN2O2/c1-16(8-10-4-3-7-18-9-10)13(17)12-11(14)5-2-6-15-12/h2,5-6,10H,3-4,7-9H2,1H3. The minimum Gasteiger partial charge on any atom is -0.381 e. The van der Waals surface area contributed by atoms with Crippen molar-refractivity contribution in [2.24, 2.45) is 5.92 Å². The van der Waals surface area contributed by atoms with Crippen molar-refractivity contribution in [2.45, 2.75) is 12.8 Å². The van der Waals surface area contributed by atoms with E-state index in [2.05, 4.69) is 20.9 Å². The van der Waals surface area contributed by atoms with Gasteiger partial charge in [0, 0.05) is 30.9 Å². The van der Waals surface area contributed by atoms with Gasteiger partial charge in [0.25, 0.3) is 5.91 Å². The topological polar surface area (TPSA) is 42.4 Å². The summed E-state index contributed by atoms with van der Waals surface area (Å²) in [5, 5.41) is 0. The lowest BCUT2D eigenvalue weighted by Gasteiger charge is -2.27. The van der Waals surface area contributed by atoms with Crippen LogP contribution in [-0.2, 0) is 4.74 Å². The molecule has 0 bridgehead atoms. The number of carbonyl (C=O) groups is 1. The Morgan fingerprint density at radius 2 is 2.50 bits per heavy atom. The van der Waals surface area contributed by atoms with Crippen LogP contribution < -0.4 is 0 Å². The van der Waals surface area contributed by atoms with E-state index in [-0.39, 0.29) is 5.91 Å². The zero-order chi connectivity index (χ0) is 13.0. The Bertz CT molecular complexity index is 419. The molecule has 1 aromatic rings. The van der Waals surface area contributed by atoms with E-state index in [1.807, 2.05) is 13.1 Å². The number of hydrogen-bond acceptors (Lipinski definition) is 3. The van der Waals surface area contributed by atoms with E-state index in [0.29, 0.717) is 11.6 Å². The smallest absolute Gasteiger partial charge is 0.273 e. The predicted molar refractivity (Wildman–Crippen MR) is 72.4 cm³/mol. The second-order valence-electron chi connectivity index (χ2n) is 4.60. The van der Waals surface area contributed by atoms with Crippen molar-refractivity contribution in [3.05, 3.63) is 28.5 Å².